The molecule has 2 N–H and O–H groups in total. The van der Waals surface area contributed by atoms with Crippen molar-refractivity contribution < 1.29 is 4.79 Å². The van der Waals surface area contributed by atoms with Crippen molar-refractivity contribution in [1.82, 2.24) is 20.3 Å². The summed E-state index contributed by atoms with van der Waals surface area (Å²) in [5.41, 5.74) is 5.29. The van der Waals surface area contributed by atoms with E-state index in [2.05, 4.69) is 26.3 Å². The number of fused-ring (bicyclic) bond motifs is 2. The molecule has 0 fully saturated rings. The monoisotopic (exact) mass is 363 g/mol. The van der Waals surface area contributed by atoms with Gasteiger partial charge in [0.25, 0.3) is 0 Å². The first kappa shape index (κ1) is 17.5. The maximum Gasteiger partial charge on any atom is 0.225 e. The molecule has 0 unspecified atom stereocenters. The summed E-state index contributed by atoms with van der Waals surface area (Å²) in [5, 5.41) is 4.33. The summed E-state index contributed by atoms with van der Waals surface area (Å²) in [6.07, 6.45) is 5.13. The Morgan fingerprint density at radius 3 is 2.96 bits per heavy atom. The number of nitrogens with one attached hydrogen (secondary N) is 2. The van der Waals surface area contributed by atoms with Gasteiger partial charge < -0.3 is 15.2 Å². The fourth-order valence-electron chi connectivity index (χ4n) is 3.87. The van der Waals surface area contributed by atoms with Crippen molar-refractivity contribution >= 4 is 22.8 Å². The molecule has 0 saturated carbocycles. The van der Waals surface area contributed by atoms with Gasteiger partial charge in [0.15, 0.2) is 0 Å². The molecule has 140 valence electrons. The minimum atomic E-state index is -0.0111. The third-order valence-corrected chi connectivity index (χ3v) is 5.27. The van der Waals surface area contributed by atoms with Crippen LogP contribution in [0.1, 0.15) is 41.4 Å². The molecule has 6 nitrogen and oxygen atoms in total. The molecule has 1 aromatic carbocycles. The van der Waals surface area contributed by atoms with Crippen LogP contribution in [0.5, 0.6) is 0 Å². The third-order valence-electron chi connectivity index (χ3n) is 5.27. The number of hydrogen-bond donors (Lipinski definition) is 2. The van der Waals surface area contributed by atoms with Gasteiger partial charge in [-0.05, 0) is 37.8 Å². The van der Waals surface area contributed by atoms with Gasteiger partial charge in [-0.15, -0.1) is 0 Å². The first-order valence-corrected chi connectivity index (χ1v) is 9.41. The van der Waals surface area contributed by atoms with Crippen LogP contribution in [0.25, 0.3) is 10.9 Å². The van der Waals surface area contributed by atoms with E-state index in [0.29, 0.717) is 6.42 Å². The number of anilines is 1. The van der Waals surface area contributed by atoms with Crippen LogP contribution >= 0.6 is 0 Å². The number of benzene rings is 1. The van der Waals surface area contributed by atoms with E-state index in [9.17, 15) is 4.79 Å². The van der Waals surface area contributed by atoms with Crippen LogP contribution in [0.15, 0.2) is 30.5 Å². The van der Waals surface area contributed by atoms with Gasteiger partial charge in [0.05, 0.1) is 18.2 Å². The maximum absolute atomic E-state index is 12.8. The second kappa shape index (κ2) is 7.02. The van der Waals surface area contributed by atoms with Gasteiger partial charge in [-0.3, -0.25) is 4.79 Å². The molecule has 0 aliphatic heterocycles. The number of aryl methyl sites for hydroxylation is 2. The molecule has 2 aromatic heterocycles. The number of H-pyrrole nitrogens is 1. The molecular formula is C21H25N5O. The van der Waals surface area contributed by atoms with Gasteiger partial charge in [0, 0.05) is 42.5 Å². The fourth-order valence-corrected chi connectivity index (χ4v) is 3.87. The van der Waals surface area contributed by atoms with Crippen molar-refractivity contribution in [3.63, 3.8) is 0 Å². The van der Waals surface area contributed by atoms with Crippen molar-refractivity contribution in [2.24, 2.45) is 0 Å². The first-order chi connectivity index (χ1) is 13.0. The predicted octanol–water partition coefficient (Wildman–Crippen LogP) is 3.07. The van der Waals surface area contributed by atoms with Crippen molar-refractivity contribution in [3.8, 4) is 0 Å². The molecule has 3 aromatic rings. The van der Waals surface area contributed by atoms with Crippen molar-refractivity contribution in [3.05, 3.63) is 53.0 Å². The van der Waals surface area contributed by atoms with Gasteiger partial charge >= 0.3 is 0 Å². The Bertz CT molecular complexity index is 991. The predicted molar refractivity (Wildman–Crippen MR) is 107 cm³/mol. The highest BCUT2D eigenvalue weighted by Gasteiger charge is 2.24. The maximum atomic E-state index is 12.8. The Balaban J connectivity index is 1.53. The average Bonchev–Trinajstić information content (AvgIpc) is 2.97. The second-order valence-electron chi connectivity index (χ2n) is 7.43. The summed E-state index contributed by atoms with van der Waals surface area (Å²) in [5.74, 6) is 0.757. The van der Waals surface area contributed by atoms with Crippen LogP contribution in [0.2, 0.25) is 0 Å². The van der Waals surface area contributed by atoms with Gasteiger partial charge in [0.2, 0.25) is 11.9 Å². The smallest absolute Gasteiger partial charge is 0.225 e. The van der Waals surface area contributed by atoms with Gasteiger partial charge in [-0.25, -0.2) is 9.97 Å². The van der Waals surface area contributed by atoms with Crippen molar-refractivity contribution in [2.75, 3.05) is 19.0 Å². The summed E-state index contributed by atoms with van der Waals surface area (Å²) in [7, 11) is 3.88. The molecule has 0 saturated heterocycles. The van der Waals surface area contributed by atoms with Crippen molar-refractivity contribution in [2.45, 2.75) is 38.6 Å². The summed E-state index contributed by atoms with van der Waals surface area (Å²) >= 11 is 0. The highest BCUT2D eigenvalue weighted by molar-refractivity contribution is 5.90. The fraction of sp³-hybridized carbons (Fsp3) is 0.381. The van der Waals surface area contributed by atoms with E-state index in [4.69, 9.17) is 0 Å². The largest absolute Gasteiger partial charge is 0.358 e. The standard InChI is InChI=1S/C21H25N5O/c1-13-15(14-7-4-5-8-17(14)23-13)11-20(27)24-18-9-6-10-19-16(18)12-22-21(25-19)26(2)3/h4-5,7-8,12,18,23H,6,9-11H2,1-3H3,(H,24,27)/t18-/m0/s1. The number of aromatic nitrogens is 3. The zero-order chi connectivity index (χ0) is 19.0. The minimum Gasteiger partial charge on any atom is -0.358 e. The van der Waals surface area contributed by atoms with E-state index in [1.54, 1.807) is 0 Å². The van der Waals surface area contributed by atoms with E-state index in [1.165, 1.54) is 0 Å². The molecule has 4 rings (SSSR count). The normalized spacial score (nSPS) is 16.2. The summed E-state index contributed by atoms with van der Waals surface area (Å²) in [6.45, 7) is 2.02. The van der Waals surface area contributed by atoms with Crippen LogP contribution in [-0.4, -0.2) is 35.0 Å². The molecule has 2 heterocycles. The Morgan fingerprint density at radius 1 is 1.33 bits per heavy atom. The summed E-state index contributed by atoms with van der Waals surface area (Å²) in [6, 6.07) is 8.11. The lowest BCUT2D eigenvalue weighted by Crippen LogP contribution is -2.33. The Hall–Kier alpha value is -2.89. The second-order valence-corrected chi connectivity index (χ2v) is 7.43. The molecular weight excluding hydrogens is 338 g/mol. The number of para-hydroxylation sites is 1. The lowest BCUT2D eigenvalue weighted by molar-refractivity contribution is -0.121. The van der Waals surface area contributed by atoms with E-state index in [0.717, 1.165) is 58.6 Å². The van der Waals surface area contributed by atoms with E-state index < -0.39 is 0 Å². The Kier molecular flexibility index (Phi) is 4.56. The lowest BCUT2D eigenvalue weighted by atomic mass is 9.92. The molecule has 6 heteroatoms. The molecule has 27 heavy (non-hydrogen) atoms. The number of hydrogen-bond acceptors (Lipinski definition) is 4. The first-order valence-electron chi connectivity index (χ1n) is 9.41. The number of amides is 1. The SMILES string of the molecule is Cc1[nH]c2ccccc2c1CC(=O)N[C@H]1CCCc2nc(N(C)C)ncc21. The minimum absolute atomic E-state index is 0.0111. The lowest BCUT2D eigenvalue weighted by Gasteiger charge is -2.26. The summed E-state index contributed by atoms with van der Waals surface area (Å²) < 4.78 is 0. The zero-order valence-corrected chi connectivity index (χ0v) is 16.0. The molecule has 0 bridgehead atoms. The molecule has 1 aliphatic carbocycles. The van der Waals surface area contributed by atoms with E-state index in [1.807, 2.05) is 50.3 Å². The third kappa shape index (κ3) is 3.39. The van der Waals surface area contributed by atoms with Crippen LogP contribution in [-0.2, 0) is 17.6 Å². The van der Waals surface area contributed by atoms with Gasteiger partial charge in [-0.2, -0.15) is 0 Å². The van der Waals surface area contributed by atoms with E-state index >= 15 is 0 Å². The molecule has 1 aliphatic rings. The quantitative estimate of drug-likeness (QED) is 0.747. The number of carbonyl (C=O) groups is 1. The number of aromatic amines is 1. The molecule has 0 spiro atoms. The number of nitrogens with zero attached hydrogens (tertiary/aromatic N) is 3. The highest BCUT2D eigenvalue weighted by Crippen LogP contribution is 2.29. The van der Waals surface area contributed by atoms with Crippen LogP contribution in [0.4, 0.5) is 5.95 Å². The van der Waals surface area contributed by atoms with Crippen LogP contribution < -0.4 is 10.2 Å². The molecule has 0 radical (unpaired) electrons. The van der Waals surface area contributed by atoms with E-state index in [-0.39, 0.29) is 11.9 Å². The van der Waals surface area contributed by atoms with Gasteiger partial charge in [0.1, 0.15) is 0 Å². The van der Waals surface area contributed by atoms with Crippen LogP contribution in [0.3, 0.4) is 0 Å². The zero-order valence-electron chi connectivity index (χ0n) is 16.0. The van der Waals surface area contributed by atoms with Gasteiger partial charge in [-0.1, -0.05) is 18.2 Å². The topological polar surface area (TPSA) is 73.9 Å². The average molecular weight is 363 g/mol. The number of carbonyl (C=O) groups excluding carboxylic acids is 1. The Morgan fingerprint density at radius 2 is 2.15 bits per heavy atom. The van der Waals surface area contributed by atoms with Crippen LogP contribution in [0, 0.1) is 6.92 Å². The van der Waals surface area contributed by atoms with Crippen molar-refractivity contribution in [1.29, 1.82) is 0 Å². The number of rotatable bonds is 4. The Labute approximate surface area is 159 Å². The molecule has 1 amide bonds. The molecule has 1 atom stereocenters. The highest BCUT2D eigenvalue weighted by atomic mass is 16.1. The summed E-state index contributed by atoms with van der Waals surface area (Å²) in [4.78, 5) is 27.2.